The zero-order valence-corrected chi connectivity index (χ0v) is 19.6. The highest BCUT2D eigenvalue weighted by molar-refractivity contribution is 7.89. The highest BCUT2D eigenvalue weighted by atomic mass is 32.2. The molecule has 1 amide bonds. The summed E-state index contributed by atoms with van der Waals surface area (Å²) >= 11 is 0. The predicted molar refractivity (Wildman–Crippen MR) is 125 cm³/mol. The van der Waals surface area contributed by atoms with Crippen LogP contribution in [0.3, 0.4) is 0 Å². The first kappa shape index (κ1) is 26.4. The Balaban J connectivity index is 2.19. The molecule has 3 N–H and O–H groups in total. The van der Waals surface area contributed by atoms with E-state index in [0.29, 0.717) is 12.8 Å². The summed E-state index contributed by atoms with van der Waals surface area (Å²) in [5.74, 6) is -1.01. The normalized spacial score (nSPS) is 13.7. The quantitative estimate of drug-likeness (QED) is 0.335. The van der Waals surface area contributed by atoms with E-state index in [4.69, 9.17) is 5.73 Å². The third kappa shape index (κ3) is 7.92. The second-order valence-electron chi connectivity index (χ2n) is 8.48. The van der Waals surface area contributed by atoms with Gasteiger partial charge in [0, 0.05) is 31.1 Å². The lowest BCUT2D eigenvalue weighted by Crippen LogP contribution is -2.40. The monoisotopic (exact) mass is 477 g/mol. The van der Waals surface area contributed by atoms with Crippen LogP contribution in [0.4, 0.5) is 5.69 Å². The molecule has 0 radical (unpaired) electrons. The number of amides is 1. The Bertz CT molecular complexity index is 1030. The summed E-state index contributed by atoms with van der Waals surface area (Å²) in [6.45, 7) is 3.85. The van der Waals surface area contributed by atoms with Crippen LogP contribution < -0.4 is 5.73 Å². The standard InChI is InChI=1S/C23H31N3O6S/c1-17(2)12-13-25(33(31,32)22-10-8-20(9-11-22)26(29)30)16-21(27)15-19(23(24)28)14-18-6-4-3-5-7-18/h3-11,17,19,21,27H,12-16H2,1-2H3,(H2,24,28)/t19-,21?/m1/s1. The van der Waals surface area contributed by atoms with Crippen LogP contribution in [-0.4, -0.2) is 47.9 Å². The van der Waals surface area contributed by atoms with Crippen LogP contribution in [0.1, 0.15) is 32.3 Å². The van der Waals surface area contributed by atoms with Crippen molar-refractivity contribution in [3.05, 3.63) is 70.3 Å². The fraction of sp³-hybridized carbons (Fsp3) is 0.435. The number of nitrogens with zero attached hydrogens (tertiary/aromatic N) is 2. The van der Waals surface area contributed by atoms with E-state index in [0.717, 1.165) is 17.7 Å². The van der Waals surface area contributed by atoms with Gasteiger partial charge in [0.05, 0.1) is 15.9 Å². The van der Waals surface area contributed by atoms with Gasteiger partial charge in [-0.2, -0.15) is 4.31 Å². The lowest BCUT2D eigenvalue weighted by Gasteiger charge is -2.27. The molecule has 180 valence electrons. The summed E-state index contributed by atoms with van der Waals surface area (Å²) in [4.78, 5) is 22.2. The number of hydrogen-bond donors (Lipinski definition) is 2. The van der Waals surface area contributed by atoms with Crippen LogP contribution >= 0.6 is 0 Å². The van der Waals surface area contributed by atoms with Crippen molar-refractivity contribution in [2.24, 2.45) is 17.6 Å². The smallest absolute Gasteiger partial charge is 0.269 e. The first-order chi connectivity index (χ1) is 15.5. The number of rotatable bonds is 13. The number of carbonyl (C=O) groups excluding carboxylic acids is 1. The molecule has 9 nitrogen and oxygen atoms in total. The van der Waals surface area contributed by atoms with Gasteiger partial charge >= 0.3 is 0 Å². The van der Waals surface area contributed by atoms with Gasteiger partial charge in [-0.05, 0) is 42.9 Å². The minimum atomic E-state index is -4.01. The fourth-order valence-corrected chi connectivity index (χ4v) is 4.93. The Morgan fingerprint density at radius 1 is 1.12 bits per heavy atom. The molecule has 2 rings (SSSR count). The zero-order valence-electron chi connectivity index (χ0n) is 18.8. The molecule has 0 aromatic heterocycles. The number of sulfonamides is 1. The van der Waals surface area contributed by atoms with E-state index >= 15 is 0 Å². The van der Waals surface area contributed by atoms with Crippen molar-refractivity contribution >= 4 is 21.6 Å². The molecule has 2 aromatic rings. The van der Waals surface area contributed by atoms with Crippen molar-refractivity contribution in [2.45, 2.75) is 44.1 Å². The van der Waals surface area contributed by atoms with Crippen LogP contribution in [0, 0.1) is 22.0 Å². The van der Waals surface area contributed by atoms with Crippen LogP contribution in [0.2, 0.25) is 0 Å². The molecule has 0 spiro atoms. The first-order valence-corrected chi connectivity index (χ1v) is 12.2. The second kappa shape index (κ2) is 11.9. The number of nitro benzene ring substituents is 1. The third-order valence-electron chi connectivity index (χ3n) is 5.34. The van der Waals surface area contributed by atoms with Gasteiger partial charge in [0.1, 0.15) is 0 Å². The Labute approximate surface area is 194 Å². The maximum absolute atomic E-state index is 13.2. The molecule has 2 aromatic carbocycles. The van der Waals surface area contributed by atoms with Crippen molar-refractivity contribution in [1.82, 2.24) is 4.31 Å². The molecule has 33 heavy (non-hydrogen) atoms. The molecule has 0 saturated heterocycles. The summed E-state index contributed by atoms with van der Waals surface area (Å²) < 4.78 is 27.6. The van der Waals surface area contributed by atoms with Crippen molar-refractivity contribution in [3.8, 4) is 0 Å². The number of nitro groups is 1. The maximum Gasteiger partial charge on any atom is 0.269 e. The number of nitrogens with two attached hydrogens (primary N) is 1. The van der Waals surface area contributed by atoms with E-state index in [-0.39, 0.29) is 36.0 Å². The number of aliphatic hydroxyl groups is 1. The van der Waals surface area contributed by atoms with Gasteiger partial charge < -0.3 is 10.8 Å². The van der Waals surface area contributed by atoms with Crippen molar-refractivity contribution in [3.63, 3.8) is 0 Å². The Hall–Kier alpha value is -2.82. The van der Waals surface area contributed by atoms with Gasteiger partial charge in [-0.25, -0.2) is 8.42 Å². The van der Waals surface area contributed by atoms with Crippen LogP contribution in [0.15, 0.2) is 59.5 Å². The average molecular weight is 478 g/mol. The van der Waals surface area contributed by atoms with Crippen molar-refractivity contribution in [1.29, 1.82) is 0 Å². The summed E-state index contributed by atoms with van der Waals surface area (Å²) in [5.41, 5.74) is 6.22. The molecular weight excluding hydrogens is 446 g/mol. The van der Waals surface area contributed by atoms with E-state index in [1.807, 2.05) is 44.2 Å². The molecule has 0 heterocycles. The van der Waals surface area contributed by atoms with Gasteiger partial charge in [0.25, 0.3) is 5.69 Å². The van der Waals surface area contributed by atoms with Crippen LogP contribution in [0.25, 0.3) is 0 Å². The molecule has 0 aliphatic heterocycles. The highest BCUT2D eigenvalue weighted by Crippen LogP contribution is 2.22. The number of hydrogen-bond acceptors (Lipinski definition) is 6. The van der Waals surface area contributed by atoms with Gasteiger partial charge in [0.2, 0.25) is 15.9 Å². The molecule has 0 saturated carbocycles. The maximum atomic E-state index is 13.2. The Morgan fingerprint density at radius 3 is 2.24 bits per heavy atom. The van der Waals surface area contributed by atoms with Gasteiger partial charge in [-0.15, -0.1) is 0 Å². The minimum Gasteiger partial charge on any atom is -0.392 e. The molecule has 0 fully saturated rings. The van der Waals surface area contributed by atoms with E-state index in [2.05, 4.69) is 0 Å². The van der Waals surface area contributed by atoms with E-state index in [9.17, 15) is 28.4 Å². The Kier molecular flexibility index (Phi) is 9.51. The number of aliphatic hydroxyl groups excluding tert-OH is 1. The van der Waals surface area contributed by atoms with Crippen molar-refractivity contribution < 1.29 is 23.2 Å². The molecule has 0 aliphatic rings. The lowest BCUT2D eigenvalue weighted by atomic mass is 9.93. The van der Waals surface area contributed by atoms with Gasteiger partial charge in [-0.1, -0.05) is 44.2 Å². The summed E-state index contributed by atoms with van der Waals surface area (Å²) in [5, 5.41) is 21.6. The van der Waals surface area contributed by atoms with Crippen LogP contribution in [-0.2, 0) is 21.2 Å². The molecule has 1 unspecified atom stereocenters. The molecule has 2 atom stereocenters. The molecular formula is C23H31N3O6S. The largest absolute Gasteiger partial charge is 0.392 e. The van der Waals surface area contributed by atoms with E-state index in [1.165, 1.54) is 16.4 Å². The summed E-state index contributed by atoms with van der Waals surface area (Å²) in [6, 6.07) is 13.9. The molecule has 0 aliphatic carbocycles. The third-order valence-corrected chi connectivity index (χ3v) is 7.22. The minimum absolute atomic E-state index is 0.0121. The topological polar surface area (TPSA) is 144 Å². The SMILES string of the molecule is CC(C)CCN(CC(O)C[C@@H](Cc1ccccc1)C(N)=O)S(=O)(=O)c1ccc([N+](=O)[O-])cc1. The molecule has 10 heteroatoms. The molecule has 0 bridgehead atoms. The second-order valence-corrected chi connectivity index (χ2v) is 10.4. The fourth-order valence-electron chi connectivity index (χ4n) is 3.44. The summed E-state index contributed by atoms with van der Waals surface area (Å²) in [7, 11) is -4.01. The number of carbonyl (C=O) groups is 1. The number of primary amides is 1. The first-order valence-electron chi connectivity index (χ1n) is 10.8. The average Bonchev–Trinajstić information content (AvgIpc) is 2.76. The van der Waals surface area contributed by atoms with Crippen LogP contribution in [0.5, 0.6) is 0 Å². The number of benzene rings is 2. The van der Waals surface area contributed by atoms with Gasteiger partial charge in [-0.3, -0.25) is 14.9 Å². The highest BCUT2D eigenvalue weighted by Gasteiger charge is 2.29. The summed E-state index contributed by atoms with van der Waals surface area (Å²) in [6.07, 6.45) is -0.208. The Morgan fingerprint density at radius 2 is 1.73 bits per heavy atom. The van der Waals surface area contributed by atoms with E-state index < -0.39 is 32.9 Å². The van der Waals surface area contributed by atoms with E-state index in [1.54, 1.807) is 0 Å². The predicted octanol–water partition coefficient (Wildman–Crippen LogP) is 2.73. The van der Waals surface area contributed by atoms with Crippen molar-refractivity contribution in [2.75, 3.05) is 13.1 Å². The number of non-ortho nitro benzene ring substituents is 1. The van der Waals surface area contributed by atoms with Gasteiger partial charge in [0.15, 0.2) is 0 Å². The lowest BCUT2D eigenvalue weighted by molar-refractivity contribution is -0.384. The zero-order chi connectivity index (χ0) is 24.6.